The van der Waals surface area contributed by atoms with Gasteiger partial charge in [0.15, 0.2) is 0 Å². The molecule has 5 heteroatoms. The van der Waals surface area contributed by atoms with Crippen LogP contribution in [0.5, 0.6) is 0 Å². The lowest BCUT2D eigenvalue weighted by Crippen LogP contribution is -2.44. The Morgan fingerprint density at radius 3 is 1.94 bits per heavy atom. The number of carbonyl (C=O) groups excluding carboxylic acids is 1. The van der Waals surface area contributed by atoms with Gasteiger partial charge in [-0.3, -0.25) is 4.79 Å². The number of hydrogen-bond donors (Lipinski definition) is 2. The Morgan fingerprint density at radius 1 is 1.12 bits per heavy atom. The molecule has 2 atom stereocenters. The van der Waals surface area contributed by atoms with Crippen LogP contribution >= 0.6 is 15.9 Å². The maximum atomic E-state index is 11.8. The summed E-state index contributed by atoms with van der Waals surface area (Å²) >= 11 is 3.28. The predicted octanol–water partition coefficient (Wildman–Crippen LogP) is 2.41. The van der Waals surface area contributed by atoms with Gasteiger partial charge >= 0.3 is 5.97 Å². The molecular weight excluding hydrogens is 286 g/mol. The van der Waals surface area contributed by atoms with Crippen molar-refractivity contribution in [3.8, 4) is 0 Å². The Balaban J connectivity index is 4.35. The summed E-state index contributed by atoms with van der Waals surface area (Å²) in [6, 6.07) is -0.797. The summed E-state index contributed by atoms with van der Waals surface area (Å²) < 4.78 is 0. The first-order chi connectivity index (χ1) is 7.73. The van der Waals surface area contributed by atoms with Crippen molar-refractivity contribution in [3.05, 3.63) is 0 Å². The van der Waals surface area contributed by atoms with Gasteiger partial charge in [-0.2, -0.15) is 0 Å². The van der Waals surface area contributed by atoms with Crippen LogP contribution < -0.4 is 5.32 Å². The Bertz CT molecular complexity index is 266. The van der Waals surface area contributed by atoms with E-state index in [4.69, 9.17) is 5.11 Å². The topological polar surface area (TPSA) is 66.4 Å². The number of amides is 1. The minimum atomic E-state index is -0.976. The van der Waals surface area contributed by atoms with Crippen molar-refractivity contribution in [3.63, 3.8) is 0 Å². The molecule has 100 valence electrons. The van der Waals surface area contributed by atoms with Gasteiger partial charge in [-0.1, -0.05) is 43.6 Å². The molecule has 0 rings (SSSR count). The van der Waals surface area contributed by atoms with Gasteiger partial charge in [-0.25, -0.2) is 4.79 Å². The Hall–Kier alpha value is -0.580. The molecule has 1 amide bonds. The average molecular weight is 308 g/mol. The van der Waals surface area contributed by atoms with Gasteiger partial charge in [0.05, 0.1) is 4.83 Å². The number of carboxylic acid groups (broad SMARTS) is 1. The average Bonchev–Trinajstić information content (AvgIpc) is 2.14. The fourth-order valence-corrected chi connectivity index (χ4v) is 2.36. The van der Waals surface area contributed by atoms with E-state index in [-0.39, 0.29) is 16.7 Å². The van der Waals surface area contributed by atoms with E-state index in [1.54, 1.807) is 0 Å². The number of carboxylic acids is 1. The third-order valence-corrected chi connectivity index (χ3v) is 3.07. The zero-order chi connectivity index (χ0) is 13.6. The highest BCUT2D eigenvalue weighted by molar-refractivity contribution is 9.10. The van der Waals surface area contributed by atoms with E-state index >= 15 is 0 Å². The van der Waals surface area contributed by atoms with Crippen LogP contribution in [0.2, 0.25) is 0 Å². The summed E-state index contributed by atoms with van der Waals surface area (Å²) in [6.07, 6.45) is 1.14. The highest BCUT2D eigenvalue weighted by atomic mass is 79.9. The first kappa shape index (κ1) is 16.4. The summed E-state index contributed by atoms with van der Waals surface area (Å²) in [5, 5.41) is 11.6. The van der Waals surface area contributed by atoms with E-state index in [0.29, 0.717) is 18.8 Å². The number of aliphatic carboxylic acids is 1. The molecule has 4 nitrogen and oxygen atoms in total. The van der Waals surface area contributed by atoms with Gasteiger partial charge in [0.25, 0.3) is 0 Å². The van der Waals surface area contributed by atoms with Gasteiger partial charge in [-0.15, -0.1) is 0 Å². The molecule has 0 aliphatic carbocycles. The fraction of sp³-hybridized carbons (Fsp3) is 0.833. The quantitative estimate of drug-likeness (QED) is 0.710. The summed E-state index contributed by atoms with van der Waals surface area (Å²) in [4.78, 5) is 22.4. The normalized spacial score (nSPS) is 14.8. The number of hydrogen-bond acceptors (Lipinski definition) is 2. The van der Waals surface area contributed by atoms with Gasteiger partial charge < -0.3 is 10.4 Å². The molecule has 0 fully saturated rings. The molecule has 0 aromatic heterocycles. The van der Waals surface area contributed by atoms with Crippen LogP contribution in [0.25, 0.3) is 0 Å². The molecule has 0 spiro atoms. The second kappa shape index (κ2) is 7.69. The lowest BCUT2D eigenvalue weighted by atomic mass is 10.0. The van der Waals surface area contributed by atoms with Crippen LogP contribution in [0.1, 0.15) is 40.5 Å². The van der Waals surface area contributed by atoms with Crippen LogP contribution in [0.4, 0.5) is 0 Å². The Morgan fingerprint density at radius 2 is 1.59 bits per heavy atom. The van der Waals surface area contributed by atoms with E-state index in [9.17, 15) is 9.59 Å². The molecule has 0 aliphatic heterocycles. The predicted molar refractivity (Wildman–Crippen MR) is 71.2 cm³/mol. The number of rotatable bonds is 7. The molecule has 0 aromatic rings. The van der Waals surface area contributed by atoms with Crippen LogP contribution in [0.15, 0.2) is 0 Å². The largest absolute Gasteiger partial charge is 0.480 e. The minimum Gasteiger partial charge on any atom is -0.480 e. The molecule has 0 radical (unpaired) electrons. The van der Waals surface area contributed by atoms with E-state index < -0.39 is 12.0 Å². The van der Waals surface area contributed by atoms with Crippen molar-refractivity contribution in [2.75, 3.05) is 0 Å². The summed E-state index contributed by atoms with van der Waals surface area (Å²) in [7, 11) is 0. The first-order valence-corrected chi connectivity index (χ1v) is 6.82. The molecule has 0 heterocycles. The van der Waals surface area contributed by atoms with Crippen LogP contribution in [-0.4, -0.2) is 27.9 Å². The summed E-state index contributed by atoms with van der Waals surface area (Å²) in [5.74, 6) is -0.600. The molecule has 0 aromatic carbocycles. The van der Waals surface area contributed by atoms with Crippen LogP contribution in [-0.2, 0) is 9.59 Å². The third kappa shape index (κ3) is 7.36. The fourth-order valence-electron chi connectivity index (χ4n) is 1.48. The van der Waals surface area contributed by atoms with Crippen molar-refractivity contribution in [1.29, 1.82) is 0 Å². The summed E-state index contributed by atoms with van der Waals surface area (Å²) in [6.45, 7) is 7.90. The molecular formula is C12H22BrNO3. The lowest BCUT2D eigenvalue weighted by molar-refractivity contribution is -0.142. The molecule has 0 bridgehead atoms. The number of alkyl halides is 1. The van der Waals surface area contributed by atoms with Gasteiger partial charge in [0, 0.05) is 0 Å². The first-order valence-electron chi connectivity index (χ1n) is 5.91. The monoisotopic (exact) mass is 307 g/mol. The smallest absolute Gasteiger partial charge is 0.326 e. The van der Waals surface area contributed by atoms with E-state index in [1.807, 2.05) is 27.7 Å². The number of halogens is 1. The molecule has 0 unspecified atom stereocenters. The molecule has 0 saturated carbocycles. The van der Waals surface area contributed by atoms with Crippen molar-refractivity contribution < 1.29 is 14.7 Å². The Labute approximate surface area is 111 Å². The highest BCUT2D eigenvalue weighted by Crippen LogP contribution is 2.14. The second-order valence-electron chi connectivity index (χ2n) is 5.13. The van der Waals surface area contributed by atoms with Crippen LogP contribution in [0.3, 0.4) is 0 Å². The van der Waals surface area contributed by atoms with E-state index in [1.165, 1.54) is 0 Å². The molecule has 2 N–H and O–H groups in total. The lowest BCUT2D eigenvalue weighted by Gasteiger charge is -2.19. The van der Waals surface area contributed by atoms with Crippen molar-refractivity contribution in [1.82, 2.24) is 5.32 Å². The zero-order valence-electron chi connectivity index (χ0n) is 10.9. The van der Waals surface area contributed by atoms with Gasteiger partial charge in [-0.05, 0) is 24.7 Å². The SMILES string of the molecule is CC(C)C[C@H](Br)C(=O)N[C@H](CC(C)C)C(=O)O. The molecule has 0 aliphatic rings. The van der Waals surface area contributed by atoms with E-state index in [0.717, 1.165) is 0 Å². The van der Waals surface area contributed by atoms with E-state index in [2.05, 4.69) is 21.2 Å². The number of carbonyl (C=O) groups is 2. The van der Waals surface area contributed by atoms with Crippen LogP contribution in [0, 0.1) is 11.8 Å². The summed E-state index contributed by atoms with van der Waals surface area (Å²) in [5.41, 5.74) is 0. The van der Waals surface area contributed by atoms with Crippen molar-refractivity contribution >= 4 is 27.8 Å². The van der Waals surface area contributed by atoms with Gasteiger partial charge in [0.1, 0.15) is 6.04 Å². The number of nitrogens with one attached hydrogen (secondary N) is 1. The van der Waals surface area contributed by atoms with Crippen molar-refractivity contribution in [2.45, 2.75) is 51.4 Å². The van der Waals surface area contributed by atoms with Gasteiger partial charge in [0.2, 0.25) is 5.91 Å². The Kier molecular flexibility index (Phi) is 7.43. The third-order valence-electron chi connectivity index (χ3n) is 2.28. The molecule has 17 heavy (non-hydrogen) atoms. The van der Waals surface area contributed by atoms with Crippen molar-refractivity contribution in [2.24, 2.45) is 11.8 Å². The minimum absolute atomic E-state index is 0.232. The maximum absolute atomic E-state index is 11.8. The maximum Gasteiger partial charge on any atom is 0.326 e. The second-order valence-corrected chi connectivity index (χ2v) is 6.23. The zero-order valence-corrected chi connectivity index (χ0v) is 12.5. The highest BCUT2D eigenvalue weighted by Gasteiger charge is 2.24. The standard InChI is InChI=1S/C12H22BrNO3/c1-7(2)5-9(13)11(15)14-10(12(16)17)6-8(3)4/h7-10H,5-6H2,1-4H3,(H,14,15)(H,16,17)/t9-,10+/m0/s1. The molecule has 0 saturated heterocycles.